The van der Waals surface area contributed by atoms with Gasteiger partial charge in [0, 0.05) is 17.5 Å². The molecular weight excluding hydrogens is 272 g/mol. The van der Waals surface area contributed by atoms with Crippen LogP contribution in [0.1, 0.15) is 57.7 Å². The van der Waals surface area contributed by atoms with E-state index in [4.69, 9.17) is 0 Å². The number of para-hydroxylation sites is 1. The molecule has 0 aliphatic heterocycles. The van der Waals surface area contributed by atoms with Crippen LogP contribution in [0.3, 0.4) is 0 Å². The molecule has 2 aliphatic rings. The predicted octanol–water partition coefficient (Wildman–Crippen LogP) is 3.83. The van der Waals surface area contributed by atoms with Crippen molar-refractivity contribution in [2.45, 2.75) is 58.4 Å². The second-order valence-electron chi connectivity index (χ2n) is 7.58. The number of aromatic nitrogens is 2. The Morgan fingerprint density at radius 1 is 1.18 bits per heavy atom. The van der Waals surface area contributed by atoms with E-state index in [2.05, 4.69) is 32.4 Å². The van der Waals surface area contributed by atoms with Gasteiger partial charge in [0.15, 0.2) is 0 Å². The molecule has 3 nitrogen and oxygen atoms in total. The molecule has 1 saturated carbocycles. The fourth-order valence-electron chi connectivity index (χ4n) is 5.01. The zero-order valence-electron chi connectivity index (χ0n) is 13.9. The average molecular weight is 296 g/mol. The highest BCUT2D eigenvalue weighted by molar-refractivity contribution is 5.47. The van der Waals surface area contributed by atoms with Crippen LogP contribution in [-0.2, 0) is 12.0 Å². The highest BCUT2D eigenvalue weighted by atomic mass is 16.1. The normalized spacial score (nSPS) is 28.1. The minimum Gasteiger partial charge on any atom is -0.281 e. The van der Waals surface area contributed by atoms with Crippen LogP contribution in [-0.4, -0.2) is 9.36 Å². The summed E-state index contributed by atoms with van der Waals surface area (Å²) in [6.07, 6.45) is 2.34. The van der Waals surface area contributed by atoms with Crippen molar-refractivity contribution in [3.63, 3.8) is 0 Å². The topological polar surface area (TPSA) is 26.9 Å². The Labute approximate surface area is 131 Å². The predicted molar refractivity (Wildman–Crippen MR) is 88.8 cm³/mol. The van der Waals surface area contributed by atoms with Gasteiger partial charge >= 0.3 is 0 Å². The van der Waals surface area contributed by atoms with Crippen LogP contribution in [0.5, 0.6) is 0 Å². The van der Waals surface area contributed by atoms with Crippen LogP contribution in [0, 0.1) is 5.41 Å². The van der Waals surface area contributed by atoms with E-state index in [1.54, 1.807) is 0 Å². The molecule has 1 heterocycles. The minimum absolute atomic E-state index is 0.113. The molecule has 1 aromatic carbocycles. The Hall–Kier alpha value is -1.77. The molecule has 4 rings (SSSR count). The third-order valence-electron chi connectivity index (χ3n) is 6.58. The standard InChI is InChI=1S/C19H24N2O/c1-5-20-16-15(14-11-12-19(16,4)18(14,2)3)17(22)21(20)13-9-7-6-8-10-13/h6-10,14H,5,11-12H2,1-4H3. The lowest BCUT2D eigenvalue weighted by molar-refractivity contribution is 0.216. The first-order valence-electron chi connectivity index (χ1n) is 8.35. The molecular formula is C19H24N2O. The zero-order chi connectivity index (χ0) is 15.7. The van der Waals surface area contributed by atoms with E-state index in [-0.39, 0.29) is 16.4 Å². The molecule has 2 aliphatic carbocycles. The van der Waals surface area contributed by atoms with Gasteiger partial charge in [-0.25, -0.2) is 4.68 Å². The lowest BCUT2D eigenvalue weighted by Crippen LogP contribution is -2.35. The van der Waals surface area contributed by atoms with E-state index in [0.717, 1.165) is 24.2 Å². The van der Waals surface area contributed by atoms with Crippen LogP contribution >= 0.6 is 0 Å². The summed E-state index contributed by atoms with van der Waals surface area (Å²) in [5.41, 5.74) is 3.86. The number of nitrogens with zero attached hydrogens (tertiary/aromatic N) is 2. The Bertz CT molecular complexity index is 797. The fourth-order valence-corrected chi connectivity index (χ4v) is 5.01. The molecule has 0 saturated heterocycles. The van der Waals surface area contributed by atoms with Gasteiger partial charge in [-0.15, -0.1) is 0 Å². The van der Waals surface area contributed by atoms with Gasteiger partial charge < -0.3 is 0 Å². The number of benzene rings is 1. The summed E-state index contributed by atoms with van der Waals surface area (Å²) in [4.78, 5) is 13.2. The summed E-state index contributed by atoms with van der Waals surface area (Å²) < 4.78 is 4.13. The maximum atomic E-state index is 13.2. The third kappa shape index (κ3) is 1.35. The molecule has 2 unspecified atom stereocenters. The number of rotatable bonds is 2. The van der Waals surface area contributed by atoms with Crippen molar-refractivity contribution in [2.75, 3.05) is 0 Å². The summed E-state index contributed by atoms with van der Waals surface area (Å²) in [5.74, 6) is 0.405. The van der Waals surface area contributed by atoms with Gasteiger partial charge in [0.2, 0.25) is 0 Å². The van der Waals surface area contributed by atoms with E-state index >= 15 is 0 Å². The van der Waals surface area contributed by atoms with Gasteiger partial charge in [-0.3, -0.25) is 9.48 Å². The monoisotopic (exact) mass is 296 g/mol. The molecule has 0 amide bonds. The maximum absolute atomic E-state index is 13.2. The molecule has 0 N–H and O–H groups in total. The van der Waals surface area contributed by atoms with E-state index in [9.17, 15) is 4.79 Å². The largest absolute Gasteiger partial charge is 0.281 e. The SMILES string of the molecule is CCn1c2c(c(=O)n1-c1ccccc1)C1CCC2(C)C1(C)C. The molecule has 0 spiro atoms. The quantitative estimate of drug-likeness (QED) is 0.827. The molecule has 1 aromatic heterocycles. The molecule has 3 heteroatoms. The fraction of sp³-hybridized carbons (Fsp3) is 0.526. The smallest absolute Gasteiger partial charge is 0.275 e. The van der Waals surface area contributed by atoms with Gasteiger partial charge in [0.05, 0.1) is 11.4 Å². The highest BCUT2D eigenvalue weighted by Gasteiger charge is 2.62. The summed E-state index contributed by atoms with van der Waals surface area (Å²) in [7, 11) is 0. The molecule has 22 heavy (non-hydrogen) atoms. The molecule has 2 atom stereocenters. The summed E-state index contributed by atoms with van der Waals surface area (Å²) in [5, 5.41) is 0. The van der Waals surface area contributed by atoms with Crippen molar-refractivity contribution in [1.29, 1.82) is 0 Å². The lowest BCUT2D eigenvalue weighted by atomic mass is 9.70. The second-order valence-corrected chi connectivity index (χ2v) is 7.58. The third-order valence-corrected chi connectivity index (χ3v) is 6.58. The molecule has 2 bridgehead atoms. The van der Waals surface area contributed by atoms with Gasteiger partial charge in [-0.1, -0.05) is 39.0 Å². The van der Waals surface area contributed by atoms with Crippen LogP contribution < -0.4 is 5.56 Å². The summed E-state index contributed by atoms with van der Waals surface area (Å²) in [6.45, 7) is 10.0. The van der Waals surface area contributed by atoms with E-state index in [1.165, 1.54) is 12.1 Å². The molecule has 2 aromatic rings. The van der Waals surface area contributed by atoms with Crippen molar-refractivity contribution in [3.05, 3.63) is 51.9 Å². The summed E-state index contributed by atoms with van der Waals surface area (Å²) >= 11 is 0. The van der Waals surface area contributed by atoms with Gasteiger partial charge in [-0.05, 0) is 43.2 Å². The minimum atomic E-state index is 0.113. The Balaban J connectivity index is 2.06. The molecule has 0 radical (unpaired) electrons. The van der Waals surface area contributed by atoms with E-state index in [0.29, 0.717) is 5.92 Å². The highest BCUT2D eigenvalue weighted by Crippen LogP contribution is 2.67. The number of hydrogen-bond acceptors (Lipinski definition) is 1. The summed E-state index contributed by atoms with van der Waals surface area (Å²) in [6, 6.07) is 10.0. The van der Waals surface area contributed by atoms with Crippen LogP contribution in [0.2, 0.25) is 0 Å². The molecule has 1 fully saturated rings. The average Bonchev–Trinajstić information content (AvgIpc) is 3.00. The Morgan fingerprint density at radius 2 is 1.86 bits per heavy atom. The molecule has 116 valence electrons. The van der Waals surface area contributed by atoms with Gasteiger partial charge in [0.1, 0.15) is 0 Å². The van der Waals surface area contributed by atoms with Crippen LogP contribution in [0.15, 0.2) is 35.1 Å². The van der Waals surface area contributed by atoms with E-state index < -0.39 is 0 Å². The van der Waals surface area contributed by atoms with Crippen molar-refractivity contribution < 1.29 is 0 Å². The zero-order valence-corrected chi connectivity index (χ0v) is 13.9. The van der Waals surface area contributed by atoms with E-state index in [1.807, 2.05) is 35.0 Å². The lowest BCUT2D eigenvalue weighted by Gasteiger charge is -2.36. The number of fused-ring (bicyclic) bond motifs is 5. The van der Waals surface area contributed by atoms with Crippen LogP contribution in [0.4, 0.5) is 0 Å². The second kappa shape index (κ2) is 4.15. The van der Waals surface area contributed by atoms with Crippen molar-refractivity contribution in [2.24, 2.45) is 5.41 Å². The van der Waals surface area contributed by atoms with Crippen molar-refractivity contribution in [1.82, 2.24) is 9.36 Å². The number of hydrogen-bond donors (Lipinski definition) is 0. The maximum Gasteiger partial charge on any atom is 0.275 e. The first-order chi connectivity index (χ1) is 10.4. The Kier molecular flexibility index (Phi) is 2.62. The Morgan fingerprint density at radius 3 is 2.50 bits per heavy atom. The van der Waals surface area contributed by atoms with Crippen molar-refractivity contribution >= 4 is 0 Å². The van der Waals surface area contributed by atoms with Gasteiger partial charge in [-0.2, -0.15) is 0 Å². The van der Waals surface area contributed by atoms with Gasteiger partial charge in [0.25, 0.3) is 5.56 Å². The first kappa shape index (κ1) is 13.9. The van der Waals surface area contributed by atoms with Crippen LogP contribution in [0.25, 0.3) is 5.69 Å². The first-order valence-corrected chi connectivity index (χ1v) is 8.35. The van der Waals surface area contributed by atoms with Crippen molar-refractivity contribution in [3.8, 4) is 5.69 Å².